The molecule has 2 amide bonds. The fraction of sp³-hybridized carbons (Fsp3) is 0.562. The van der Waals surface area contributed by atoms with Crippen LogP contribution < -0.4 is 5.32 Å². The molecule has 0 bridgehead atoms. The summed E-state index contributed by atoms with van der Waals surface area (Å²) in [4.78, 5) is 30.1. The van der Waals surface area contributed by atoms with Crippen molar-refractivity contribution in [1.29, 1.82) is 0 Å². The van der Waals surface area contributed by atoms with Crippen LogP contribution in [0.25, 0.3) is 0 Å². The maximum atomic E-state index is 12.2. The maximum Gasteiger partial charge on any atom is 0.244 e. The molecule has 0 aromatic carbocycles. The molecule has 0 aliphatic heterocycles. The zero-order valence-electron chi connectivity index (χ0n) is 14.1. The highest BCUT2D eigenvalue weighted by atomic mass is 33.1. The van der Waals surface area contributed by atoms with Gasteiger partial charge in [0.15, 0.2) is 0 Å². The van der Waals surface area contributed by atoms with Crippen LogP contribution in [-0.2, 0) is 9.59 Å². The zero-order valence-corrected chi connectivity index (χ0v) is 15.7. The second-order valence-corrected chi connectivity index (χ2v) is 7.90. The van der Waals surface area contributed by atoms with Gasteiger partial charge in [-0.2, -0.15) is 0 Å². The van der Waals surface area contributed by atoms with Crippen LogP contribution in [0.4, 0.5) is 0 Å². The molecule has 5 nitrogen and oxygen atoms in total. The van der Waals surface area contributed by atoms with Crippen molar-refractivity contribution in [3.8, 4) is 0 Å². The summed E-state index contributed by atoms with van der Waals surface area (Å²) in [6, 6.07) is 5.31. The minimum Gasteiger partial charge on any atom is -0.347 e. The summed E-state index contributed by atoms with van der Waals surface area (Å²) in [5, 5.41) is 3.82. The van der Waals surface area contributed by atoms with E-state index in [1.807, 2.05) is 32.0 Å². The first-order valence-corrected chi connectivity index (χ1v) is 9.99. The van der Waals surface area contributed by atoms with Gasteiger partial charge in [0.25, 0.3) is 0 Å². The number of nitrogens with zero attached hydrogens (tertiary/aromatic N) is 2. The van der Waals surface area contributed by atoms with Gasteiger partial charge in [-0.25, -0.2) is 4.98 Å². The highest BCUT2D eigenvalue weighted by Gasteiger charge is 2.23. The molecule has 0 fully saturated rings. The molecule has 2 unspecified atom stereocenters. The van der Waals surface area contributed by atoms with E-state index in [2.05, 4.69) is 10.3 Å². The Morgan fingerprint density at radius 3 is 2.65 bits per heavy atom. The van der Waals surface area contributed by atoms with Gasteiger partial charge in [-0.3, -0.25) is 9.59 Å². The number of amides is 2. The molecule has 1 aromatic rings. The smallest absolute Gasteiger partial charge is 0.244 e. The fourth-order valence-electron chi connectivity index (χ4n) is 1.73. The zero-order chi connectivity index (χ0) is 17.2. The van der Waals surface area contributed by atoms with E-state index in [1.54, 1.807) is 41.9 Å². The van der Waals surface area contributed by atoms with Gasteiger partial charge in [0, 0.05) is 32.0 Å². The SMILES string of the molecule is CCC(C)C(=O)NC(CCSSc1ccccn1)C(=O)N(C)C. The Kier molecular flexibility index (Phi) is 9.09. The molecule has 7 heteroatoms. The summed E-state index contributed by atoms with van der Waals surface area (Å²) in [6.45, 7) is 3.84. The van der Waals surface area contributed by atoms with Crippen molar-refractivity contribution in [3.63, 3.8) is 0 Å². The van der Waals surface area contributed by atoms with Crippen molar-refractivity contribution in [2.75, 3.05) is 19.8 Å². The molecule has 0 saturated carbocycles. The van der Waals surface area contributed by atoms with Crippen LogP contribution in [-0.4, -0.2) is 47.6 Å². The quantitative estimate of drug-likeness (QED) is 0.545. The molecule has 0 spiro atoms. The van der Waals surface area contributed by atoms with Gasteiger partial charge in [-0.1, -0.05) is 30.7 Å². The monoisotopic (exact) mass is 355 g/mol. The number of pyridine rings is 1. The highest BCUT2D eigenvalue weighted by Crippen LogP contribution is 2.29. The molecule has 0 saturated heterocycles. The predicted octanol–water partition coefficient (Wildman–Crippen LogP) is 2.83. The molecular weight excluding hydrogens is 330 g/mol. The van der Waals surface area contributed by atoms with Crippen LogP contribution in [0.1, 0.15) is 26.7 Å². The summed E-state index contributed by atoms with van der Waals surface area (Å²) < 4.78 is 0. The number of likely N-dealkylation sites (N-methyl/N-ethyl adjacent to an activating group) is 1. The molecule has 128 valence electrons. The summed E-state index contributed by atoms with van der Waals surface area (Å²) in [5.74, 6) is 0.551. The van der Waals surface area contributed by atoms with Crippen LogP contribution in [0, 0.1) is 5.92 Å². The van der Waals surface area contributed by atoms with Gasteiger partial charge in [0.05, 0.1) is 0 Å². The molecule has 0 radical (unpaired) electrons. The van der Waals surface area contributed by atoms with E-state index in [0.29, 0.717) is 6.42 Å². The Morgan fingerprint density at radius 2 is 2.09 bits per heavy atom. The molecule has 0 aliphatic carbocycles. The summed E-state index contributed by atoms with van der Waals surface area (Å²) in [5.41, 5.74) is 0. The lowest BCUT2D eigenvalue weighted by Crippen LogP contribution is -2.48. The Hall–Kier alpha value is -1.21. The third-order valence-corrected chi connectivity index (χ3v) is 5.69. The average molecular weight is 356 g/mol. The largest absolute Gasteiger partial charge is 0.347 e. The van der Waals surface area contributed by atoms with Crippen molar-refractivity contribution in [1.82, 2.24) is 15.2 Å². The van der Waals surface area contributed by atoms with Gasteiger partial charge >= 0.3 is 0 Å². The Morgan fingerprint density at radius 1 is 1.35 bits per heavy atom. The van der Waals surface area contributed by atoms with Crippen molar-refractivity contribution in [2.24, 2.45) is 5.92 Å². The molecule has 1 rings (SSSR count). The summed E-state index contributed by atoms with van der Waals surface area (Å²) >= 11 is 0. The normalized spacial score (nSPS) is 13.2. The van der Waals surface area contributed by atoms with E-state index in [1.165, 1.54) is 4.90 Å². The van der Waals surface area contributed by atoms with Crippen molar-refractivity contribution in [2.45, 2.75) is 37.8 Å². The minimum atomic E-state index is -0.469. The van der Waals surface area contributed by atoms with E-state index in [-0.39, 0.29) is 17.7 Å². The van der Waals surface area contributed by atoms with Gasteiger partial charge in [0.1, 0.15) is 11.1 Å². The lowest BCUT2D eigenvalue weighted by atomic mass is 10.1. The Labute approximate surface area is 146 Å². The fourth-order valence-corrected chi connectivity index (χ4v) is 3.70. The first-order valence-electron chi connectivity index (χ1n) is 7.67. The first-order chi connectivity index (χ1) is 11.0. The maximum absolute atomic E-state index is 12.2. The van der Waals surface area contributed by atoms with Gasteiger partial charge in [0.2, 0.25) is 11.8 Å². The van der Waals surface area contributed by atoms with Gasteiger partial charge in [-0.15, -0.1) is 0 Å². The number of carbonyl (C=O) groups excluding carboxylic acids is 2. The van der Waals surface area contributed by atoms with Crippen molar-refractivity contribution in [3.05, 3.63) is 24.4 Å². The van der Waals surface area contributed by atoms with Gasteiger partial charge in [-0.05, 0) is 35.8 Å². The van der Waals surface area contributed by atoms with Crippen LogP contribution in [0.15, 0.2) is 29.4 Å². The van der Waals surface area contributed by atoms with E-state index in [4.69, 9.17) is 0 Å². The minimum absolute atomic E-state index is 0.0601. The van der Waals surface area contributed by atoms with Crippen LogP contribution in [0.3, 0.4) is 0 Å². The van der Waals surface area contributed by atoms with E-state index in [0.717, 1.165) is 17.2 Å². The molecule has 2 atom stereocenters. The number of nitrogens with one attached hydrogen (secondary N) is 1. The molecule has 1 heterocycles. The van der Waals surface area contributed by atoms with Crippen LogP contribution >= 0.6 is 21.6 Å². The van der Waals surface area contributed by atoms with Crippen LogP contribution in [0.5, 0.6) is 0 Å². The third-order valence-electron chi connectivity index (χ3n) is 3.39. The standard InChI is InChI=1S/C16H25N3O2S2/c1-5-12(2)15(20)18-13(16(21)19(3)4)9-11-22-23-14-8-6-7-10-17-14/h6-8,10,12-13H,5,9,11H2,1-4H3,(H,18,20). The highest BCUT2D eigenvalue weighted by molar-refractivity contribution is 8.76. The Bertz CT molecular complexity index is 497. The second-order valence-electron chi connectivity index (χ2n) is 5.47. The number of rotatable bonds is 9. The Balaban J connectivity index is 2.49. The molecule has 1 aromatic heterocycles. The summed E-state index contributed by atoms with van der Waals surface area (Å²) in [6.07, 6.45) is 3.12. The first kappa shape index (κ1) is 19.8. The number of aromatic nitrogens is 1. The predicted molar refractivity (Wildman–Crippen MR) is 97.2 cm³/mol. The number of hydrogen-bond acceptors (Lipinski definition) is 5. The molecular formula is C16H25N3O2S2. The van der Waals surface area contributed by atoms with Crippen molar-refractivity contribution >= 4 is 33.4 Å². The van der Waals surface area contributed by atoms with E-state index < -0.39 is 6.04 Å². The van der Waals surface area contributed by atoms with E-state index >= 15 is 0 Å². The summed E-state index contributed by atoms with van der Waals surface area (Å²) in [7, 11) is 6.64. The van der Waals surface area contributed by atoms with Crippen LogP contribution in [0.2, 0.25) is 0 Å². The molecule has 23 heavy (non-hydrogen) atoms. The van der Waals surface area contributed by atoms with E-state index in [9.17, 15) is 9.59 Å². The second kappa shape index (κ2) is 10.5. The molecule has 0 aliphatic rings. The lowest BCUT2D eigenvalue weighted by Gasteiger charge is -2.23. The molecule has 1 N–H and O–H groups in total. The average Bonchev–Trinajstić information content (AvgIpc) is 2.56. The number of carbonyl (C=O) groups is 2. The number of hydrogen-bond donors (Lipinski definition) is 1. The topological polar surface area (TPSA) is 62.3 Å². The third kappa shape index (κ3) is 7.26. The van der Waals surface area contributed by atoms with Gasteiger partial charge < -0.3 is 10.2 Å². The van der Waals surface area contributed by atoms with Crippen molar-refractivity contribution < 1.29 is 9.59 Å². The lowest BCUT2D eigenvalue weighted by molar-refractivity contribution is -0.135.